The second-order valence-corrected chi connectivity index (χ2v) is 6.37. The Bertz CT molecular complexity index is 682. The lowest BCUT2D eigenvalue weighted by atomic mass is 10.0. The van der Waals surface area contributed by atoms with Crippen LogP contribution in [0.5, 0.6) is 5.75 Å². The van der Waals surface area contributed by atoms with Gasteiger partial charge in [-0.05, 0) is 44.2 Å². The first-order chi connectivity index (χ1) is 11.9. The zero-order valence-corrected chi connectivity index (χ0v) is 15.4. The molecule has 7 heteroatoms. The minimum atomic E-state index is -0.347. The SMILES string of the molecule is CNC(C)Cc1noc(C(NC(=O)c2ccc(OC)cc2)C(C)C)n1. The maximum atomic E-state index is 12.5. The van der Waals surface area contributed by atoms with Crippen LogP contribution in [-0.2, 0) is 6.42 Å². The van der Waals surface area contributed by atoms with Gasteiger partial charge in [0.2, 0.25) is 5.89 Å². The molecule has 0 saturated heterocycles. The molecule has 2 atom stereocenters. The highest BCUT2D eigenvalue weighted by atomic mass is 16.5. The van der Waals surface area contributed by atoms with Crippen molar-refractivity contribution in [2.45, 2.75) is 39.3 Å². The molecule has 0 radical (unpaired) electrons. The van der Waals surface area contributed by atoms with Gasteiger partial charge in [0.25, 0.3) is 5.91 Å². The van der Waals surface area contributed by atoms with Gasteiger partial charge < -0.3 is 19.9 Å². The second kappa shape index (κ2) is 8.62. The van der Waals surface area contributed by atoms with Crippen molar-refractivity contribution in [3.63, 3.8) is 0 Å². The van der Waals surface area contributed by atoms with Crippen molar-refractivity contribution in [2.24, 2.45) is 5.92 Å². The van der Waals surface area contributed by atoms with Gasteiger partial charge in [-0.15, -0.1) is 0 Å². The van der Waals surface area contributed by atoms with Gasteiger partial charge in [0, 0.05) is 18.0 Å². The third-order valence-electron chi connectivity index (χ3n) is 4.04. The largest absolute Gasteiger partial charge is 0.497 e. The number of methoxy groups -OCH3 is 1. The molecule has 0 spiro atoms. The van der Waals surface area contributed by atoms with Crippen molar-refractivity contribution in [1.82, 2.24) is 20.8 Å². The Labute approximate surface area is 148 Å². The monoisotopic (exact) mass is 346 g/mol. The van der Waals surface area contributed by atoms with E-state index in [2.05, 4.69) is 20.8 Å². The first-order valence-corrected chi connectivity index (χ1v) is 8.39. The van der Waals surface area contributed by atoms with Crippen LogP contribution in [0.25, 0.3) is 0 Å². The van der Waals surface area contributed by atoms with Gasteiger partial charge in [0.15, 0.2) is 5.82 Å². The van der Waals surface area contributed by atoms with E-state index < -0.39 is 0 Å². The number of benzene rings is 1. The van der Waals surface area contributed by atoms with Crippen molar-refractivity contribution in [3.8, 4) is 5.75 Å². The topological polar surface area (TPSA) is 89.3 Å². The van der Waals surface area contributed by atoms with E-state index in [1.807, 2.05) is 27.8 Å². The lowest BCUT2D eigenvalue weighted by Crippen LogP contribution is -2.32. The second-order valence-electron chi connectivity index (χ2n) is 6.37. The highest BCUT2D eigenvalue weighted by Gasteiger charge is 2.25. The standard InChI is InChI=1S/C18H26N4O3/c1-11(2)16(18-20-15(22-25-18)10-12(3)19-4)21-17(23)13-6-8-14(24-5)9-7-13/h6-9,11-12,16,19H,10H2,1-5H3,(H,21,23). The number of hydrogen-bond acceptors (Lipinski definition) is 6. The lowest BCUT2D eigenvalue weighted by molar-refractivity contribution is 0.0914. The van der Waals surface area contributed by atoms with Crippen LogP contribution in [0.3, 0.4) is 0 Å². The predicted octanol–water partition coefficient (Wildman–Crippen LogP) is 2.36. The molecule has 1 amide bonds. The summed E-state index contributed by atoms with van der Waals surface area (Å²) in [4.78, 5) is 17.0. The van der Waals surface area contributed by atoms with E-state index in [-0.39, 0.29) is 23.9 Å². The number of ether oxygens (including phenoxy) is 1. The van der Waals surface area contributed by atoms with Crippen LogP contribution < -0.4 is 15.4 Å². The minimum Gasteiger partial charge on any atom is -0.497 e. The van der Waals surface area contributed by atoms with E-state index in [4.69, 9.17) is 9.26 Å². The fraction of sp³-hybridized carbons (Fsp3) is 0.500. The van der Waals surface area contributed by atoms with Crippen molar-refractivity contribution in [3.05, 3.63) is 41.5 Å². The molecular weight excluding hydrogens is 320 g/mol. The number of hydrogen-bond donors (Lipinski definition) is 2. The molecule has 2 unspecified atom stereocenters. The van der Waals surface area contributed by atoms with Crippen LogP contribution in [0, 0.1) is 5.92 Å². The average molecular weight is 346 g/mol. The summed E-state index contributed by atoms with van der Waals surface area (Å²) in [5.41, 5.74) is 0.551. The summed E-state index contributed by atoms with van der Waals surface area (Å²) >= 11 is 0. The van der Waals surface area contributed by atoms with Crippen molar-refractivity contribution in [2.75, 3.05) is 14.2 Å². The molecular formula is C18H26N4O3. The van der Waals surface area contributed by atoms with Gasteiger partial charge in [-0.3, -0.25) is 4.79 Å². The van der Waals surface area contributed by atoms with Crippen LogP contribution in [0.2, 0.25) is 0 Å². The Morgan fingerprint density at radius 1 is 1.24 bits per heavy atom. The van der Waals surface area contributed by atoms with Crippen LogP contribution in [0.4, 0.5) is 0 Å². The number of carbonyl (C=O) groups excluding carboxylic acids is 1. The van der Waals surface area contributed by atoms with Gasteiger partial charge in [0.1, 0.15) is 11.8 Å². The maximum absolute atomic E-state index is 12.5. The van der Waals surface area contributed by atoms with E-state index in [0.717, 1.165) is 0 Å². The molecule has 0 aliphatic carbocycles. The van der Waals surface area contributed by atoms with Crippen LogP contribution in [-0.4, -0.2) is 36.2 Å². The van der Waals surface area contributed by atoms with E-state index in [1.54, 1.807) is 31.4 Å². The molecule has 7 nitrogen and oxygen atoms in total. The summed E-state index contributed by atoms with van der Waals surface area (Å²) in [7, 11) is 3.48. The van der Waals surface area contributed by atoms with Gasteiger partial charge in [-0.25, -0.2) is 0 Å². The van der Waals surface area contributed by atoms with Crippen molar-refractivity contribution in [1.29, 1.82) is 0 Å². The molecule has 0 aliphatic rings. The van der Waals surface area contributed by atoms with Crippen LogP contribution in [0.15, 0.2) is 28.8 Å². The summed E-state index contributed by atoms with van der Waals surface area (Å²) in [6.45, 7) is 6.04. The Morgan fingerprint density at radius 3 is 2.48 bits per heavy atom. The summed E-state index contributed by atoms with van der Waals surface area (Å²) in [6, 6.07) is 6.85. The third kappa shape index (κ3) is 5.03. The fourth-order valence-corrected chi connectivity index (χ4v) is 2.33. The average Bonchev–Trinajstić information content (AvgIpc) is 3.07. The first kappa shape index (κ1) is 18.9. The zero-order chi connectivity index (χ0) is 18.4. The normalized spacial score (nSPS) is 13.5. The molecule has 0 saturated carbocycles. The van der Waals surface area contributed by atoms with Gasteiger partial charge in [0.05, 0.1) is 7.11 Å². The summed E-state index contributed by atoms with van der Waals surface area (Å²) in [5.74, 6) is 1.68. The Hall–Kier alpha value is -2.41. The van der Waals surface area contributed by atoms with Crippen LogP contribution >= 0.6 is 0 Å². The maximum Gasteiger partial charge on any atom is 0.251 e. The quantitative estimate of drug-likeness (QED) is 0.763. The summed E-state index contributed by atoms with van der Waals surface area (Å²) < 4.78 is 10.5. The number of aromatic nitrogens is 2. The fourth-order valence-electron chi connectivity index (χ4n) is 2.33. The number of rotatable bonds is 8. The highest BCUT2D eigenvalue weighted by Crippen LogP contribution is 2.21. The molecule has 2 aromatic rings. The van der Waals surface area contributed by atoms with E-state index >= 15 is 0 Å². The van der Waals surface area contributed by atoms with E-state index in [0.29, 0.717) is 29.4 Å². The summed E-state index contributed by atoms with van der Waals surface area (Å²) in [5, 5.41) is 10.1. The molecule has 1 aromatic heterocycles. The number of nitrogens with zero attached hydrogens (tertiary/aromatic N) is 2. The predicted molar refractivity (Wildman–Crippen MR) is 94.6 cm³/mol. The van der Waals surface area contributed by atoms with E-state index in [9.17, 15) is 4.79 Å². The van der Waals surface area contributed by atoms with Crippen molar-refractivity contribution < 1.29 is 14.1 Å². The molecule has 0 aliphatic heterocycles. The van der Waals surface area contributed by atoms with Crippen LogP contribution in [0.1, 0.15) is 48.9 Å². The molecule has 2 N–H and O–H groups in total. The molecule has 1 aromatic carbocycles. The smallest absolute Gasteiger partial charge is 0.251 e. The third-order valence-corrected chi connectivity index (χ3v) is 4.04. The lowest BCUT2D eigenvalue weighted by Gasteiger charge is -2.18. The van der Waals surface area contributed by atoms with E-state index in [1.165, 1.54) is 0 Å². The molecule has 2 rings (SSSR count). The summed E-state index contributed by atoms with van der Waals surface area (Å²) in [6.07, 6.45) is 0.664. The minimum absolute atomic E-state index is 0.109. The molecule has 0 fully saturated rings. The molecule has 0 bridgehead atoms. The van der Waals surface area contributed by atoms with Gasteiger partial charge in [-0.2, -0.15) is 4.98 Å². The molecule has 1 heterocycles. The first-order valence-electron chi connectivity index (χ1n) is 8.39. The van der Waals surface area contributed by atoms with Gasteiger partial charge in [-0.1, -0.05) is 19.0 Å². The Balaban J connectivity index is 2.11. The number of likely N-dealkylation sites (N-methyl/N-ethyl adjacent to an activating group) is 1. The highest BCUT2D eigenvalue weighted by molar-refractivity contribution is 5.94. The molecule has 25 heavy (non-hydrogen) atoms. The Morgan fingerprint density at radius 2 is 1.92 bits per heavy atom. The number of nitrogens with one attached hydrogen (secondary N) is 2. The van der Waals surface area contributed by atoms with Crippen molar-refractivity contribution >= 4 is 5.91 Å². The Kier molecular flexibility index (Phi) is 6.52. The van der Waals surface area contributed by atoms with Gasteiger partial charge >= 0.3 is 0 Å². The number of amides is 1. The zero-order valence-electron chi connectivity index (χ0n) is 15.4. The number of carbonyl (C=O) groups is 1. The molecule has 136 valence electrons.